The SMILES string of the molecule is C=CC(=O)N1CC[C@@H]2C[C@@H]1c1cc(cc(C(F)(F)F)c1)-c1cc(C(N)=O)ncc1OCCCCO2. The average molecular weight is 489 g/mol. The number of benzene rings is 1. The van der Waals surface area contributed by atoms with E-state index in [9.17, 15) is 22.8 Å². The van der Waals surface area contributed by atoms with E-state index in [1.165, 1.54) is 17.2 Å². The van der Waals surface area contributed by atoms with E-state index in [-0.39, 0.29) is 34.6 Å². The number of primary amides is 1. The van der Waals surface area contributed by atoms with Gasteiger partial charge in [0, 0.05) is 18.7 Å². The van der Waals surface area contributed by atoms with E-state index >= 15 is 0 Å². The minimum atomic E-state index is -4.64. The standard InChI is InChI=1S/C25H26F3N3O4/c1-2-23(32)31-6-5-18-12-21(31)16-9-15(10-17(11-16)25(26,27)28)19-13-20(24(29)33)30-14-22(19)35-8-4-3-7-34-18/h2,9-11,13-14,18,21H,1,3-8,12H2,(H2,29,33)/t18-,21-/m1/s1. The Hall–Kier alpha value is -3.40. The first-order chi connectivity index (χ1) is 16.7. The lowest BCUT2D eigenvalue weighted by molar-refractivity contribution is -0.137. The van der Waals surface area contributed by atoms with Crippen molar-refractivity contribution in [1.82, 2.24) is 9.88 Å². The molecule has 0 radical (unpaired) electrons. The van der Waals surface area contributed by atoms with Crippen LogP contribution < -0.4 is 10.5 Å². The summed E-state index contributed by atoms with van der Waals surface area (Å²) in [5, 5.41) is 0. The van der Waals surface area contributed by atoms with E-state index in [1.54, 1.807) is 6.07 Å². The number of alkyl halides is 3. The van der Waals surface area contributed by atoms with E-state index < -0.39 is 23.7 Å². The molecular formula is C25H26F3N3O4. The Morgan fingerprint density at radius 1 is 1.17 bits per heavy atom. The molecule has 2 N–H and O–H groups in total. The third-order valence-electron chi connectivity index (χ3n) is 6.26. The van der Waals surface area contributed by atoms with Crippen LogP contribution in [0.5, 0.6) is 5.75 Å². The molecule has 4 bridgehead atoms. The molecule has 2 aliphatic heterocycles. The van der Waals surface area contributed by atoms with Crippen LogP contribution in [0.25, 0.3) is 11.1 Å². The number of hydrogen-bond acceptors (Lipinski definition) is 5. The molecule has 1 saturated heterocycles. The number of amides is 2. The predicted octanol–water partition coefficient (Wildman–Crippen LogP) is 4.27. The van der Waals surface area contributed by atoms with Gasteiger partial charge in [0.25, 0.3) is 5.91 Å². The van der Waals surface area contributed by atoms with Crippen molar-refractivity contribution in [2.75, 3.05) is 19.8 Å². The average Bonchev–Trinajstić information content (AvgIpc) is 2.84. The summed E-state index contributed by atoms with van der Waals surface area (Å²) in [5.41, 5.74) is 5.16. The number of carbonyl (C=O) groups is 2. The zero-order chi connectivity index (χ0) is 25.2. The van der Waals surface area contributed by atoms with Crippen LogP contribution in [0.15, 0.2) is 43.1 Å². The smallest absolute Gasteiger partial charge is 0.416 e. The zero-order valence-electron chi connectivity index (χ0n) is 19.0. The second-order valence-corrected chi connectivity index (χ2v) is 8.60. The molecule has 0 aliphatic carbocycles. The highest BCUT2D eigenvalue weighted by Gasteiger charge is 2.36. The summed E-state index contributed by atoms with van der Waals surface area (Å²) in [6, 6.07) is 4.33. The van der Waals surface area contributed by atoms with E-state index in [0.717, 1.165) is 24.6 Å². The second-order valence-electron chi connectivity index (χ2n) is 8.60. The van der Waals surface area contributed by atoms with Gasteiger partial charge in [0.05, 0.1) is 30.5 Å². The lowest BCUT2D eigenvalue weighted by atomic mass is 9.89. The van der Waals surface area contributed by atoms with Crippen molar-refractivity contribution in [2.45, 2.75) is 44.0 Å². The Morgan fingerprint density at radius 3 is 2.66 bits per heavy atom. The van der Waals surface area contributed by atoms with Gasteiger partial charge in [0.15, 0.2) is 0 Å². The Kier molecular flexibility index (Phi) is 7.11. The number of piperidine rings is 1. The van der Waals surface area contributed by atoms with Gasteiger partial charge in [0.1, 0.15) is 11.4 Å². The highest BCUT2D eigenvalue weighted by atomic mass is 19.4. The van der Waals surface area contributed by atoms with Crippen LogP contribution >= 0.6 is 0 Å². The van der Waals surface area contributed by atoms with Crippen LogP contribution in [0.2, 0.25) is 0 Å². The van der Waals surface area contributed by atoms with Crippen LogP contribution in [0.3, 0.4) is 0 Å². The molecule has 7 nitrogen and oxygen atoms in total. The van der Waals surface area contributed by atoms with E-state index in [0.29, 0.717) is 44.6 Å². The number of ether oxygens (including phenoxy) is 2. The molecule has 2 atom stereocenters. The van der Waals surface area contributed by atoms with Crippen molar-refractivity contribution in [1.29, 1.82) is 0 Å². The molecule has 0 spiro atoms. The summed E-state index contributed by atoms with van der Waals surface area (Å²) in [5.74, 6) is -0.939. The minimum Gasteiger partial charge on any atom is -0.491 e. The molecule has 4 rings (SSSR count). The molecular weight excluding hydrogens is 463 g/mol. The third kappa shape index (κ3) is 5.48. The van der Waals surface area contributed by atoms with Crippen molar-refractivity contribution in [2.24, 2.45) is 5.73 Å². The third-order valence-corrected chi connectivity index (χ3v) is 6.26. The topological polar surface area (TPSA) is 94.8 Å². The Labute approximate surface area is 200 Å². The number of nitrogens with two attached hydrogens (primary N) is 1. The van der Waals surface area contributed by atoms with Crippen molar-refractivity contribution in [3.05, 3.63) is 59.9 Å². The van der Waals surface area contributed by atoms with Gasteiger partial charge >= 0.3 is 6.18 Å². The molecule has 0 saturated carbocycles. The number of nitrogens with zero attached hydrogens (tertiary/aromatic N) is 2. The van der Waals surface area contributed by atoms with Crippen molar-refractivity contribution < 1.29 is 32.2 Å². The van der Waals surface area contributed by atoms with Gasteiger partial charge in [-0.25, -0.2) is 4.98 Å². The molecule has 2 aliphatic rings. The summed E-state index contributed by atoms with van der Waals surface area (Å²) in [4.78, 5) is 29.9. The molecule has 186 valence electrons. The molecule has 2 amide bonds. The molecule has 35 heavy (non-hydrogen) atoms. The normalized spacial score (nSPS) is 20.7. The lowest BCUT2D eigenvalue weighted by Crippen LogP contribution is -2.42. The van der Waals surface area contributed by atoms with Gasteiger partial charge in [-0.05, 0) is 67.2 Å². The summed E-state index contributed by atoms with van der Waals surface area (Å²) in [6.45, 7) is 4.64. The summed E-state index contributed by atoms with van der Waals surface area (Å²) in [7, 11) is 0. The molecule has 1 aromatic heterocycles. The Bertz CT molecular complexity index is 1140. The second kappa shape index (κ2) is 10.1. The first kappa shape index (κ1) is 24.7. The molecule has 2 aromatic rings. The minimum absolute atomic E-state index is 0.0954. The number of aromatic nitrogens is 1. The lowest BCUT2D eigenvalue weighted by Gasteiger charge is -2.39. The van der Waals surface area contributed by atoms with Crippen LogP contribution in [-0.2, 0) is 15.7 Å². The molecule has 1 aromatic carbocycles. The molecule has 3 heterocycles. The van der Waals surface area contributed by atoms with Gasteiger partial charge in [-0.3, -0.25) is 9.59 Å². The number of pyridine rings is 1. The van der Waals surface area contributed by atoms with Crippen LogP contribution in [0.1, 0.15) is 53.3 Å². The first-order valence-electron chi connectivity index (χ1n) is 11.4. The zero-order valence-corrected chi connectivity index (χ0v) is 19.0. The largest absolute Gasteiger partial charge is 0.491 e. The fourth-order valence-electron chi connectivity index (χ4n) is 4.50. The number of halogens is 3. The maximum Gasteiger partial charge on any atom is 0.416 e. The van der Waals surface area contributed by atoms with Gasteiger partial charge in [-0.2, -0.15) is 13.2 Å². The number of likely N-dealkylation sites (tertiary alicyclic amines) is 1. The van der Waals surface area contributed by atoms with Crippen molar-refractivity contribution in [3.63, 3.8) is 0 Å². The van der Waals surface area contributed by atoms with Crippen LogP contribution in [-0.4, -0.2) is 47.6 Å². The number of hydrogen-bond donors (Lipinski definition) is 1. The maximum absolute atomic E-state index is 14.0. The van der Waals surface area contributed by atoms with Gasteiger partial charge in [-0.1, -0.05) is 6.58 Å². The molecule has 0 unspecified atom stereocenters. The summed E-state index contributed by atoms with van der Waals surface area (Å²) < 4.78 is 53.8. The quantitative estimate of drug-likeness (QED) is 0.636. The van der Waals surface area contributed by atoms with E-state index in [2.05, 4.69) is 11.6 Å². The number of carbonyl (C=O) groups excluding carboxylic acids is 2. The van der Waals surface area contributed by atoms with Gasteiger partial charge in [0.2, 0.25) is 5.91 Å². The monoisotopic (exact) mass is 489 g/mol. The summed E-state index contributed by atoms with van der Waals surface area (Å²) in [6.07, 6.45) is -0.0781. The summed E-state index contributed by atoms with van der Waals surface area (Å²) >= 11 is 0. The van der Waals surface area contributed by atoms with E-state index in [1.807, 2.05) is 0 Å². The maximum atomic E-state index is 14.0. The highest BCUT2D eigenvalue weighted by Crippen LogP contribution is 2.41. The fraction of sp³-hybridized carbons (Fsp3) is 0.400. The Balaban J connectivity index is 1.93. The molecule has 10 heteroatoms. The predicted molar refractivity (Wildman–Crippen MR) is 122 cm³/mol. The van der Waals surface area contributed by atoms with Gasteiger partial charge < -0.3 is 20.1 Å². The highest BCUT2D eigenvalue weighted by molar-refractivity contribution is 5.93. The fourth-order valence-corrected chi connectivity index (χ4v) is 4.50. The van der Waals surface area contributed by atoms with Gasteiger partial charge in [-0.15, -0.1) is 0 Å². The van der Waals surface area contributed by atoms with E-state index in [4.69, 9.17) is 15.2 Å². The van der Waals surface area contributed by atoms with Crippen molar-refractivity contribution in [3.8, 4) is 16.9 Å². The molecule has 1 fully saturated rings. The number of fused-ring (bicyclic) bond motifs is 7. The first-order valence-corrected chi connectivity index (χ1v) is 11.4. The van der Waals surface area contributed by atoms with Crippen LogP contribution in [0, 0.1) is 0 Å². The Morgan fingerprint density at radius 2 is 1.94 bits per heavy atom. The number of rotatable bonds is 2. The van der Waals surface area contributed by atoms with Crippen LogP contribution in [0.4, 0.5) is 13.2 Å². The van der Waals surface area contributed by atoms with Crippen molar-refractivity contribution >= 4 is 11.8 Å².